The second-order valence-corrected chi connectivity index (χ2v) is 7.10. The van der Waals surface area contributed by atoms with Crippen molar-refractivity contribution in [2.24, 2.45) is 10.2 Å². The molecule has 5 nitrogen and oxygen atoms in total. The highest BCUT2D eigenvalue weighted by Gasteiger charge is 2.27. The molecular weight excluding hydrogens is 384 g/mol. The van der Waals surface area contributed by atoms with Crippen LogP contribution in [0.1, 0.15) is 44.7 Å². The van der Waals surface area contributed by atoms with E-state index in [0.717, 1.165) is 35.4 Å². The van der Waals surface area contributed by atoms with Crippen molar-refractivity contribution in [3.63, 3.8) is 0 Å². The smallest absolute Gasteiger partial charge is 0.173 e. The second kappa shape index (κ2) is 10.8. The van der Waals surface area contributed by atoms with Crippen LogP contribution in [-0.4, -0.2) is 41.7 Å². The topological polar surface area (TPSA) is 43.2 Å². The van der Waals surface area contributed by atoms with Crippen molar-refractivity contribution in [2.75, 3.05) is 13.6 Å². The molecule has 1 N–H and O–H groups in total. The van der Waals surface area contributed by atoms with Crippen LogP contribution in [0, 0.1) is 12.7 Å². The van der Waals surface area contributed by atoms with Crippen molar-refractivity contribution in [3.05, 3.63) is 71.0 Å². The lowest BCUT2D eigenvalue weighted by Gasteiger charge is -2.36. The van der Waals surface area contributed by atoms with Gasteiger partial charge in [-0.25, -0.2) is 9.38 Å². The number of likely N-dealkylation sites (N-methyl/N-ethyl adjacent to an activating group) is 1. The Bertz CT molecular complexity index is 886. The van der Waals surface area contributed by atoms with Crippen LogP contribution in [0.15, 0.2) is 64.2 Å². The Morgan fingerprint density at radius 3 is 2.70 bits per heavy atom. The van der Waals surface area contributed by atoms with Gasteiger partial charge >= 0.3 is 0 Å². The molecule has 1 aromatic rings. The molecule has 0 saturated carbocycles. The first kappa shape index (κ1) is 23.5. The lowest BCUT2D eigenvalue weighted by molar-refractivity contribution is 0.362. The van der Waals surface area contributed by atoms with Gasteiger partial charge in [-0.3, -0.25) is 5.32 Å². The van der Waals surface area contributed by atoms with Crippen LogP contribution < -0.4 is 5.32 Å². The molecule has 0 fully saturated rings. The maximum atomic E-state index is 13.8. The van der Waals surface area contributed by atoms with Crippen molar-refractivity contribution in [2.45, 2.75) is 46.7 Å². The molecular formula is C23H31F2N5. The molecule has 1 aliphatic rings. The first-order valence-electron chi connectivity index (χ1n) is 10.1. The van der Waals surface area contributed by atoms with E-state index in [-0.39, 0.29) is 18.5 Å². The standard InChI is InChI=1S/C23H31F2N5/c1-7-10-17(5)30-15-27-21(19(8-2)22(30)26-6)14-29(9-3)23(28-25)20-13-18(24)12-11-16(20)4/h9-13,15,22,26H,3,7-8,14H2,1-2,4-6H3/b17-10+,28-23+. The normalized spacial score (nSPS) is 17.6. The molecule has 0 aromatic heterocycles. The zero-order chi connectivity index (χ0) is 22.3. The predicted octanol–water partition coefficient (Wildman–Crippen LogP) is 5.08. The summed E-state index contributed by atoms with van der Waals surface area (Å²) in [6.07, 6.45) is 7.06. The molecule has 1 heterocycles. The van der Waals surface area contributed by atoms with Gasteiger partial charge in [-0.05, 0) is 63.2 Å². The van der Waals surface area contributed by atoms with E-state index in [2.05, 4.69) is 53.8 Å². The predicted molar refractivity (Wildman–Crippen MR) is 120 cm³/mol. The molecule has 1 aromatic carbocycles. The highest BCUT2D eigenvalue weighted by atomic mass is 19.2. The Morgan fingerprint density at radius 1 is 1.40 bits per heavy atom. The van der Waals surface area contributed by atoms with Gasteiger partial charge in [0.25, 0.3) is 0 Å². The average molecular weight is 416 g/mol. The van der Waals surface area contributed by atoms with Crippen LogP contribution in [0.2, 0.25) is 0 Å². The summed E-state index contributed by atoms with van der Waals surface area (Å²) < 4.78 is 27.5. The first-order valence-corrected chi connectivity index (χ1v) is 10.1. The van der Waals surface area contributed by atoms with Gasteiger partial charge < -0.3 is 9.80 Å². The van der Waals surface area contributed by atoms with Crippen LogP contribution in [0.4, 0.5) is 8.87 Å². The zero-order valence-electron chi connectivity index (χ0n) is 18.4. The molecule has 0 bridgehead atoms. The Kier molecular flexibility index (Phi) is 8.47. The number of rotatable bonds is 8. The van der Waals surface area contributed by atoms with Crippen molar-refractivity contribution in [1.82, 2.24) is 15.1 Å². The number of hydrogen-bond donors (Lipinski definition) is 1. The third-order valence-electron chi connectivity index (χ3n) is 5.21. The molecule has 0 aliphatic carbocycles. The molecule has 0 spiro atoms. The van der Waals surface area contributed by atoms with E-state index in [1.54, 1.807) is 24.2 Å². The molecule has 1 aliphatic heterocycles. The van der Waals surface area contributed by atoms with E-state index in [4.69, 9.17) is 0 Å². The number of allylic oxidation sites excluding steroid dienone is 2. The summed E-state index contributed by atoms with van der Waals surface area (Å²) >= 11 is 0. The fourth-order valence-corrected chi connectivity index (χ4v) is 3.63. The molecule has 0 saturated heterocycles. The Labute approximate surface area is 178 Å². The SMILES string of the molecule is C=CN(CC1=C(CC)C(NC)N(/C(C)=C/CC)C=N1)/C(=N/F)c1cc(F)ccc1C. The number of nitrogens with zero attached hydrogens (tertiary/aromatic N) is 4. The van der Waals surface area contributed by atoms with E-state index in [0.29, 0.717) is 5.56 Å². The number of benzene rings is 1. The van der Waals surface area contributed by atoms with Gasteiger partial charge in [0.2, 0.25) is 0 Å². The van der Waals surface area contributed by atoms with Gasteiger partial charge in [0.1, 0.15) is 12.0 Å². The van der Waals surface area contributed by atoms with E-state index in [1.807, 2.05) is 7.05 Å². The van der Waals surface area contributed by atoms with E-state index < -0.39 is 5.82 Å². The minimum atomic E-state index is -0.450. The summed E-state index contributed by atoms with van der Waals surface area (Å²) in [6.45, 7) is 12.1. The van der Waals surface area contributed by atoms with Gasteiger partial charge in [0.15, 0.2) is 5.84 Å². The largest absolute Gasteiger partial charge is 0.325 e. The molecule has 2 rings (SSSR count). The molecule has 7 heteroatoms. The summed E-state index contributed by atoms with van der Waals surface area (Å²) in [4.78, 5) is 8.31. The first-order chi connectivity index (χ1) is 14.4. The number of hydrogen-bond acceptors (Lipinski definition) is 4. The summed E-state index contributed by atoms with van der Waals surface area (Å²) in [7, 11) is 1.90. The second-order valence-electron chi connectivity index (χ2n) is 7.10. The average Bonchev–Trinajstić information content (AvgIpc) is 2.75. The Morgan fingerprint density at radius 2 is 2.13 bits per heavy atom. The van der Waals surface area contributed by atoms with Crippen molar-refractivity contribution < 1.29 is 8.87 Å². The van der Waals surface area contributed by atoms with E-state index in [9.17, 15) is 8.87 Å². The lowest BCUT2D eigenvalue weighted by atomic mass is 10.0. The van der Waals surface area contributed by atoms with Crippen LogP contribution in [-0.2, 0) is 0 Å². The van der Waals surface area contributed by atoms with Gasteiger partial charge in [-0.1, -0.05) is 42.3 Å². The zero-order valence-corrected chi connectivity index (χ0v) is 18.4. The van der Waals surface area contributed by atoms with Crippen LogP contribution in [0.3, 0.4) is 0 Å². The highest BCUT2D eigenvalue weighted by Crippen LogP contribution is 2.26. The molecule has 30 heavy (non-hydrogen) atoms. The summed E-state index contributed by atoms with van der Waals surface area (Å²) in [5.74, 6) is -0.445. The van der Waals surface area contributed by atoms with Gasteiger partial charge in [-0.2, -0.15) is 0 Å². The van der Waals surface area contributed by atoms with Crippen molar-refractivity contribution >= 4 is 12.2 Å². The maximum Gasteiger partial charge on any atom is 0.173 e. The summed E-state index contributed by atoms with van der Waals surface area (Å²) in [6, 6.07) is 4.22. The fraction of sp³-hybridized carbons (Fsp3) is 0.391. The highest BCUT2D eigenvalue weighted by molar-refractivity contribution is 6.00. The quantitative estimate of drug-likeness (QED) is 0.476. The summed E-state index contributed by atoms with van der Waals surface area (Å²) in [5, 5.41) is 6.29. The molecule has 0 amide bonds. The number of aryl methyl sites for hydroxylation is 1. The summed E-state index contributed by atoms with van der Waals surface area (Å²) in [5.41, 5.74) is 4.09. The Hall–Kier alpha value is -2.80. The number of halogens is 2. The van der Waals surface area contributed by atoms with Gasteiger partial charge in [0, 0.05) is 11.3 Å². The van der Waals surface area contributed by atoms with Crippen molar-refractivity contribution in [1.29, 1.82) is 0 Å². The third kappa shape index (κ3) is 5.02. The van der Waals surface area contributed by atoms with Crippen LogP contribution in [0.5, 0.6) is 0 Å². The molecule has 1 unspecified atom stereocenters. The molecule has 162 valence electrons. The number of amidine groups is 1. The molecule has 1 atom stereocenters. The number of nitrogens with one attached hydrogen (secondary N) is 1. The monoisotopic (exact) mass is 415 g/mol. The Balaban J connectivity index is 2.41. The van der Waals surface area contributed by atoms with E-state index in [1.165, 1.54) is 18.3 Å². The number of aliphatic imine (C=N–C) groups is 1. The van der Waals surface area contributed by atoms with Crippen LogP contribution >= 0.6 is 0 Å². The van der Waals surface area contributed by atoms with Gasteiger partial charge in [-0.15, -0.1) is 0 Å². The maximum absolute atomic E-state index is 13.8. The lowest BCUT2D eigenvalue weighted by Crippen LogP contribution is -2.46. The molecule has 0 radical (unpaired) electrons. The minimum absolute atomic E-state index is 0.00523. The van der Waals surface area contributed by atoms with Gasteiger partial charge in [0.05, 0.1) is 18.6 Å². The van der Waals surface area contributed by atoms with Crippen LogP contribution in [0.25, 0.3) is 0 Å². The fourth-order valence-electron chi connectivity index (χ4n) is 3.63. The third-order valence-corrected chi connectivity index (χ3v) is 5.21. The van der Waals surface area contributed by atoms with Crippen molar-refractivity contribution in [3.8, 4) is 0 Å². The van der Waals surface area contributed by atoms with E-state index >= 15 is 0 Å². The minimum Gasteiger partial charge on any atom is -0.325 e.